The Bertz CT molecular complexity index is 316. The molecular weight excluding hydrogens is 227 g/mol. The van der Waals surface area contributed by atoms with E-state index in [9.17, 15) is 13.2 Å². The summed E-state index contributed by atoms with van der Waals surface area (Å²) in [7, 11) is 0. The van der Waals surface area contributed by atoms with Crippen LogP contribution in [0.4, 0.5) is 18.9 Å². The summed E-state index contributed by atoms with van der Waals surface area (Å²) in [6, 6.07) is 6.69. The maximum Gasteiger partial charge on any atom is 0.441 e. The van der Waals surface area contributed by atoms with Gasteiger partial charge in [-0.05, 0) is 23.9 Å². The third-order valence-corrected chi connectivity index (χ3v) is 2.22. The van der Waals surface area contributed by atoms with Gasteiger partial charge in [0.25, 0.3) is 0 Å². The van der Waals surface area contributed by atoms with E-state index in [1.54, 1.807) is 24.3 Å². The Labute approximate surface area is 89.6 Å². The van der Waals surface area contributed by atoms with Crippen molar-refractivity contribution in [3.05, 3.63) is 24.3 Å². The van der Waals surface area contributed by atoms with Crippen molar-refractivity contribution in [1.29, 1.82) is 0 Å². The molecule has 0 aliphatic carbocycles. The van der Waals surface area contributed by atoms with Gasteiger partial charge in [-0.15, -0.1) is 0 Å². The van der Waals surface area contributed by atoms with Crippen molar-refractivity contribution in [3.8, 4) is 5.75 Å². The molecule has 0 radical (unpaired) electrons. The summed E-state index contributed by atoms with van der Waals surface area (Å²) in [6.07, 6.45) is 0. The molecule has 0 aliphatic heterocycles. The van der Waals surface area contributed by atoms with Crippen molar-refractivity contribution in [2.45, 2.75) is 5.51 Å². The Balaban J connectivity index is 2.30. The topological polar surface area (TPSA) is 35.2 Å². The number of hydrogen-bond donors (Lipinski definition) is 1. The average Bonchev–Trinajstić information content (AvgIpc) is 2.13. The number of halogens is 3. The van der Waals surface area contributed by atoms with Gasteiger partial charge in [0.05, 0.1) is 12.3 Å². The molecule has 6 heteroatoms. The highest BCUT2D eigenvalue weighted by atomic mass is 32.2. The number of para-hydroxylation sites is 2. The molecule has 0 saturated carbocycles. The van der Waals surface area contributed by atoms with Crippen molar-refractivity contribution in [3.63, 3.8) is 0 Å². The summed E-state index contributed by atoms with van der Waals surface area (Å²) in [5.74, 6) is 0.276. The van der Waals surface area contributed by atoms with E-state index in [4.69, 9.17) is 10.5 Å². The van der Waals surface area contributed by atoms with Crippen LogP contribution in [0.3, 0.4) is 0 Å². The first-order valence-corrected chi connectivity index (χ1v) is 5.15. The lowest BCUT2D eigenvalue weighted by Gasteiger charge is -2.09. The number of nitrogens with two attached hydrogens (primary N) is 1. The average molecular weight is 237 g/mol. The third-order valence-electron chi connectivity index (χ3n) is 1.53. The van der Waals surface area contributed by atoms with Crippen LogP contribution in [0.2, 0.25) is 0 Å². The molecule has 0 heterocycles. The summed E-state index contributed by atoms with van der Waals surface area (Å²) >= 11 is -0.107. The fourth-order valence-electron chi connectivity index (χ4n) is 0.921. The standard InChI is InChI=1S/C9H10F3NOS/c10-9(11,12)15-6-5-14-8-4-2-1-3-7(8)13/h1-4H,5-6,13H2. The first kappa shape index (κ1) is 12.0. The van der Waals surface area contributed by atoms with E-state index >= 15 is 0 Å². The number of benzene rings is 1. The second-order valence-corrected chi connectivity index (χ2v) is 3.84. The van der Waals surface area contributed by atoms with Crippen LogP contribution in [0.1, 0.15) is 0 Å². The number of nitrogen functional groups attached to an aromatic ring is 1. The van der Waals surface area contributed by atoms with E-state index in [0.717, 1.165) is 0 Å². The number of hydrogen-bond acceptors (Lipinski definition) is 3. The van der Waals surface area contributed by atoms with E-state index in [-0.39, 0.29) is 24.1 Å². The summed E-state index contributed by atoms with van der Waals surface area (Å²) < 4.78 is 40.3. The predicted octanol–water partition coefficient (Wildman–Crippen LogP) is 2.90. The number of ether oxygens (including phenoxy) is 1. The molecule has 0 aromatic heterocycles. The van der Waals surface area contributed by atoms with Crippen LogP contribution in [0.25, 0.3) is 0 Å². The van der Waals surface area contributed by atoms with Crippen LogP contribution in [-0.2, 0) is 0 Å². The molecule has 2 N–H and O–H groups in total. The Morgan fingerprint density at radius 3 is 2.53 bits per heavy atom. The van der Waals surface area contributed by atoms with Crippen LogP contribution in [-0.4, -0.2) is 17.9 Å². The molecule has 0 atom stereocenters. The first-order chi connectivity index (χ1) is 6.99. The van der Waals surface area contributed by atoms with Crippen molar-refractivity contribution >= 4 is 17.4 Å². The molecule has 0 amide bonds. The van der Waals surface area contributed by atoms with Gasteiger partial charge in [0.2, 0.25) is 0 Å². The van der Waals surface area contributed by atoms with Crippen LogP contribution in [0.5, 0.6) is 5.75 Å². The Kier molecular flexibility index (Phi) is 4.14. The lowest BCUT2D eigenvalue weighted by atomic mass is 10.3. The zero-order chi connectivity index (χ0) is 11.3. The van der Waals surface area contributed by atoms with Gasteiger partial charge in [-0.25, -0.2) is 0 Å². The molecule has 2 nitrogen and oxygen atoms in total. The van der Waals surface area contributed by atoms with Gasteiger partial charge < -0.3 is 10.5 Å². The highest BCUT2D eigenvalue weighted by molar-refractivity contribution is 8.00. The first-order valence-electron chi connectivity index (χ1n) is 4.17. The molecule has 1 aromatic carbocycles. The maximum absolute atomic E-state index is 11.7. The second kappa shape index (κ2) is 5.16. The van der Waals surface area contributed by atoms with Gasteiger partial charge in [-0.2, -0.15) is 13.2 Å². The molecule has 1 aromatic rings. The van der Waals surface area contributed by atoms with Crippen LogP contribution in [0.15, 0.2) is 24.3 Å². The Hall–Kier alpha value is -1.04. The molecule has 84 valence electrons. The van der Waals surface area contributed by atoms with Crippen LogP contribution >= 0.6 is 11.8 Å². The van der Waals surface area contributed by atoms with E-state index < -0.39 is 5.51 Å². The quantitative estimate of drug-likeness (QED) is 0.646. The molecule has 0 bridgehead atoms. The third kappa shape index (κ3) is 4.83. The van der Waals surface area contributed by atoms with Crippen molar-refractivity contribution in [2.75, 3.05) is 18.1 Å². The SMILES string of the molecule is Nc1ccccc1OCCSC(F)(F)F. The van der Waals surface area contributed by atoms with Gasteiger partial charge in [0.1, 0.15) is 5.75 Å². The van der Waals surface area contributed by atoms with Gasteiger partial charge in [0.15, 0.2) is 0 Å². The van der Waals surface area contributed by atoms with Gasteiger partial charge in [0, 0.05) is 5.75 Å². The predicted molar refractivity (Wildman–Crippen MR) is 54.9 cm³/mol. The smallest absolute Gasteiger partial charge is 0.441 e. The maximum atomic E-state index is 11.7. The normalized spacial score (nSPS) is 11.4. The number of thioether (sulfide) groups is 1. The van der Waals surface area contributed by atoms with Crippen LogP contribution in [0, 0.1) is 0 Å². The number of alkyl halides is 3. The molecule has 0 fully saturated rings. The molecule has 1 rings (SSSR count). The Morgan fingerprint density at radius 1 is 1.27 bits per heavy atom. The van der Waals surface area contributed by atoms with E-state index in [2.05, 4.69) is 0 Å². The van der Waals surface area contributed by atoms with Crippen molar-refractivity contribution in [1.82, 2.24) is 0 Å². The highest BCUT2D eigenvalue weighted by Crippen LogP contribution is 2.30. The highest BCUT2D eigenvalue weighted by Gasteiger charge is 2.27. The van der Waals surface area contributed by atoms with Crippen molar-refractivity contribution in [2.24, 2.45) is 0 Å². The number of rotatable bonds is 4. The lowest BCUT2D eigenvalue weighted by molar-refractivity contribution is -0.0329. The molecule has 15 heavy (non-hydrogen) atoms. The van der Waals surface area contributed by atoms with Crippen molar-refractivity contribution < 1.29 is 17.9 Å². The second-order valence-electron chi connectivity index (χ2n) is 2.68. The number of anilines is 1. The summed E-state index contributed by atoms with van der Waals surface area (Å²) in [5.41, 5.74) is 1.76. The minimum atomic E-state index is -4.20. The largest absolute Gasteiger partial charge is 0.491 e. The zero-order valence-corrected chi connectivity index (χ0v) is 8.57. The van der Waals surface area contributed by atoms with Gasteiger partial charge >= 0.3 is 5.51 Å². The molecular formula is C9H10F3NOS. The molecule has 0 spiro atoms. The zero-order valence-electron chi connectivity index (χ0n) is 7.75. The monoisotopic (exact) mass is 237 g/mol. The fourth-order valence-corrected chi connectivity index (χ4v) is 1.32. The van der Waals surface area contributed by atoms with Gasteiger partial charge in [-0.1, -0.05) is 12.1 Å². The molecule has 0 saturated heterocycles. The van der Waals surface area contributed by atoms with E-state index in [0.29, 0.717) is 11.4 Å². The molecule has 0 aliphatic rings. The lowest BCUT2D eigenvalue weighted by Crippen LogP contribution is -2.08. The van der Waals surface area contributed by atoms with Crippen LogP contribution < -0.4 is 10.5 Å². The fraction of sp³-hybridized carbons (Fsp3) is 0.333. The minimum Gasteiger partial charge on any atom is -0.491 e. The summed E-state index contributed by atoms with van der Waals surface area (Å²) in [6.45, 7) is -0.0155. The van der Waals surface area contributed by atoms with E-state index in [1.165, 1.54) is 0 Å². The Morgan fingerprint density at radius 2 is 1.93 bits per heavy atom. The summed E-state index contributed by atoms with van der Waals surface area (Å²) in [4.78, 5) is 0. The van der Waals surface area contributed by atoms with E-state index in [1.807, 2.05) is 0 Å². The molecule has 0 unspecified atom stereocenters. The summed E-state index contributed by atoms with van der Waals surface area (Å²) in [5, 5.41) is 0. The minimum absolute atomic E-state index is 0.0155. The van der Waals surface area contributed by atoms with Gasteiger partial charge in [-0.3, -0.25) is 0 Å².